The minimum atomic E-state index is -4.79. The fourth-order valence-electron chi connectivity index (χ4n) is 3.04. The van der Waals surface area contributed by atoms with Gasteiger partial charge in [0.15, 0.2) is 0 Å². The number of para-hydroxylation sites is 3. The number of anilines is 1. The number of phenolic OH excluding ortho intramolecular Hbond substituents is 1. The third-order valence-corrected chi connectivity index (χ3v) is 4.42. The number of rotatable bonds is 4. The van der Waals surface area contributed by atoms with E-state index in [-0.39, 0.29) is 29.6 Å². The molecular formula is C19H20F3N3O3. The van der Waals surface area contributed by atoms with E-state index in [4.69, 9.17) is 0 Å². The number of hydrogen-bond donors (Lipinski definition) is 2. The van der Waals surface area contributed by atoms with Gasteiger partial charge in [0.2, 0.25) is 0 Å². The topological polar surface area (TPSA) is 65.0 Å². The van der Waals surface area contributed by atoms with Crippen molar-refractivity contribution in [3.63, 3.8) is 0 Å². The van der Waals surface area contributed by atoms with E-state index in [1.807, 2.05) is 17.0 Å². The highest BCUT2D eigenvalue weighted by Crippen LogP contribution is 2.28. The van der Waals surface area contributed by atoms with Crippen LogP contribution in [0.3, 0.4) is 0 Å². The van der Waals surface area contributed by atoms with E-state index >= 15 is 0 Å². The lowest BCUT2D eigenvalue weighted by atomic mass is 10.2. The summed E-state index contributed by atoms with van der Waals surface area (Å²) in [5.41, 5.74) is 0.946. The number of carbonyl (C=O) groups is 1. The number of phenols is 1. The lowest BCUT2D eigenvalue weighted by Gasteiger charge is -2.36. The van der Waals surface area contributed by atoms with Gasteiger partial charge in [-0.1, -0.05) is 30.3 Å². The largest absolute Gasteiger partial charge is 0.573 e. The normalized spacial score (nSPS) is 14.7. The molecule has 1 fully saturated rings. The Kier molecular flexibility index (Phi) is 5.81. The first-order valence-electron chi connectivity index (χ1n) is 8.73. The van der Waals surface area contributed by atoms with Crippen molar-refractivity contribution >= 4 is 11.7 Å². The lowest BCUT2D eigenvalue weighted by molar-refractivity contribution is -0.274. The molecule has 6 nitrogen and oxygen atoms in total. The van der Waals surface area contributed by atoms with Crippen LogP contribution in [0.5, 0.6) is 11.5 Å². The van der Waals surface area contributed by atoms with Crippen LogP contribution in [0.2, 0.25) is 0 Å². The number of carbonyl (C=O) groups excluding carboxylic acids is 1. The molecule has 1 aliphatic heterocycles. The van der Waals surface area contributed by atoms with Gasteiger partial charge < -0.3 is 25.0 Å². The molecule has 0 radical (unpaired) electrons. The highest BCUT2D eigenvalue weighted by Gasteiger charge is 2.32. The van der Waals surface area contributed by atoms with Crippen LogP contribution in [0.15, 0.2) is 48.5 Å². The van der Waals surface area contributed by atoms with Crippen molar-refractivity contribution in [1.82, 2.24) is 10.2 Å². The van der Waals surface area contributed by atoms with Crippen LogP contribution >= 0.6 is 0 Å². The molecule has 0 bridgehead atoms. The molecule has 0 unspecified atom stereocenters. The molecule has 2 N–H and O–H groups in total. The lowest BCUT2D eigenvalue weighted by Crippen LogP contribution is -2.51. The van der Waals surface area contributed by atoms with Crippen molar-refractivity contribution in [3.8, 4) is 11.5 Å². The maximum Gasteiger partial charge on any atom is 0.573 e. The number of aromatic hydroxyl groups is 1. The highest BCUT2D eigenvalue weighted by atomic mass is 19.4. The van der Waals surface area contributed by atoms with Gasteiger partial charge in [0.25, 0.3) is 0 Å². The summed E-state index contributed by atoms with van der Waals surface area (Å²) in [5, 5.41) is 12.6. The van der Waals surface area contributed by atoms with Gasteiger partial charge in [-0.3, -0.25) is 0 Å². The first kappa shape index (κ1) is 19.7. The number of halogens is 3. The number of alkyl halides is 3. The number of urea groups is 1. The number of hydrogen-bond acceptors (Lipinski definition) is 4. The van der Waals surface area contributed by atoms with Crippen LogP contribution in [0.4, 0.5) is 23.7 Å². The Balaban J connectivity index is 1.54. The molecule has 9 heteroatoms. The molecule has 2 aromatic rings. The number of ether oxygens (including phenoxy) is 1. The van der Waals surface area contributed by atoms with Crippen molar-refractivity contribution in [3.05, 3.63) is 54.1 Å². The first-order valence-corrected chi connectivity index (χ1v) is 8.73. The molecule has 150 valence electrons. The molecule has 3 rings (SSSR count). The van der Waals surface area contributed by atoms with E-state index in [1.165, 1.54) is 18.2 Å². The van der Waals surface area contributed by atoms with E-state index < -0.39 is 6.36 Å². The van der Waals surface area contributed by atoms with Crippen LogP contribution in [0.1, 0.15) is 5.56 Å². The number of nitrogens with zero attached hydrogens (tertiary/aromatic N) is 2. The number of amides is 2. The zero-order valence-corrected chi connectivity index (χ0v) is 14.9. The minimum absolute atomic E-state index is 0.0786. The third-order valence-electron chi connectivity index (χ3n) is 4.42. The average Bonchev–Trinajstić information content (AvgIpc) is 2.66. The highest BCUT2D eigenvalue weighted by molar-refractivity contribution is 5.74. The van der Waals surface area contributed by atoms with E-state index in [1.54, 1.807) is 23.1 Å². The van der Waals surface area contributed by atoms with Gasteiger partial charge in [-0.2, -0.15) is 0 Å². The molecular weight excluding hydrogens is 375 g/mol. The SMILES string of the molecule is O=C(NCc1ccccc1OC(F)(F)F)N1CCN(c2ccccc2O)CC1. The summed E-state index contributed by atoms with van der Waals surface area (Å²) in [6, 6.07) is 12.3. The molecule has 0 spiro atoms. The van der Waals surface area contributed by atoms with E-state index in [9.17, 15) is 23.1 Å². The van der Waals surface area contributed by atoms with Gasteiger partial charge in [0.1, 0.15) is 11.5 Å². The molecule has 0 aromatic heterocycles. The quantitative estimate of drug-likeness (QED) is 0.834. The molecule has 0 atom stereocenters. The Hall–Kier alpha value is -3.10. The van der Waals surface area contributed by atoms with E-state index in [2.05, 4.69) is 10.1 Å². The Morgan fingerprint density at radius 2 is 1.68 bits per heavy atom. The Morgan fingerprint density at radius 3 is 2.36 bits per heavy atom. The predicted octanol–water partition coefficient (Wildman–Crippen LogP) is 3.32. The number of benzene rings is 2. The van der Waals surface area contributed by atoms with Gasteiger partial charge in [0, 0.05) is 38.3 Å². The first-order chi connectivity index (χ1) is 13.3. The van der Waals surface area contributed by atoms with Crippen LogP contribution in [0, 0.1) is 0 Å². The molecule has 2 aromatic carbocycles. The van der Waals surface area contributed by atoms with Crippen molar-refractivity contribution in [2.45, 2.75) is 12.9 Å². The van der Waals surface area contributed by atoms with Gasteiger partial charge in [-0.15, -0.1) is 13.2 Å². The molecule has 1 aliphatic rings. The summed E-state index contributed by atoms with van der Waals surface area (Å²) in [6.45, 7) is 1.87. The van der Waals surface area contributed by atoms with Crippen molar-refractivity contribution in [1.29, 1.82) is 0 Å². The smallest absolute Gasteiger partial charge is 0.506 e. The Labute approximate surface area is 160 Å². The second kappa shape index (κ2) is 8.28. The Morgan fingerprint density at radius 1 is 1.04 bits per heavy atom. The molecule has 0 saturated carbocycles. The van der Waals surface area contributed by atoms with Crippen molar-refractivity contribution < 1.29 is 27.8 Å². The van der Waals surface area contributed by atoms with Crippen LogP contribution < -0.4 is 15.0 Å². The fourth-order valence-corrected chi connectivity index (χ4v) is 3.04. The van der Waals surface area contributed by atoms with Gasteiger partial charge in [0.05, 0.1) is 5.69 Å². The molecule has 0 aliphatic carbocycles. The third kappa shape index (κ3) is 4.99. The zero-order chi connectivity index (χ0) is 20.1. The summed E-state index contributed by atoms with van der Waals surface area (Å²) < 4.78 is 41.4. The summed E-state index contributed by atoms with van der Waals surface area (Å²) in [5.74, 6) is -0.152. The number of piperazine rings is 1. The second-order valence-electron chi connectivity index (χ2n) is 6.28. The summed E-state index contributed by atoms with van der Waals surface area (Å²) in [4.78, 5) is 15.9. The monoisotopic (exact) mass is 395 g/mol. The maximum atomic E-state index is 12.5. The standard InChI is InChI=1S/C19H20F3N3O3/c20-19(21,22)28-17-8-4-1-5-14(17)13-23-18(27)25-11-9-24(10-12-25)15-6-2-3-7-16(15)26/h1-8,26H,9-13H2,(H,23,27). The van der Waals surface area contributed by atoms with E-state index in [0.717, 1.165) is 0 Å². The molecule has 1 saturated heterocycles. The summed E-state index contributed by atoms with van der Waals surface area (Å²) in [6.07, 6.45) is -4.79. The van der Waals surface area contributed by atoms with Gasteiger partial charge in [-0.05, 0) is 18.2 Å². The van der Waals surface area contributed by atoms with Gasteiger partial charge in [-0.25, -0.2) is 4.79 Å². The van der Waals surface area contributed by atoms with Crippen LogP contribution in [-0.4, -0.2) is 48.6 Å². The number of nitrogens with one attached hydrogen (secondary N) is 1. The summed E-state index contributed by atoms with van der Waals surface area (Å²) in [7, 11) is 0. The van der Waals surface area contributed by atoms with Crippen molar-refractivity contribution in [2.75, 3.05) is 31.1 Å². The van der Waals surface area contributed by atoms with Crippen molar-refractivity contribution in [2.24, 2.45) is 0 Å². The molecule has 1 heterocycles. The molecule has 28 heavy (non-hydrogen) atoms. The van der Waals surface area contributed by atoms with Crippen LogP contribution in [0.25, 0.3) is 0 Å². The Bertz CT molecular complexity index is 821. The second-order valence-corrected chi connectivity index (χ2v) is 6.28. The maximum absolute atomic E-state index is 12.5. The minimum Gasteiger partial charge on any atom is -0.506 e. The summed E-state index contributed by atoms with van der Waals surface area (Å²) >= 11 is 0. The molecule has 2 amide bonds. The van der Waals surface area contributed by atoms with Crippen LogP contribution in [-0.2, 0) is 6.54 Å². The fraction of sp³-hybridized carbons (Fsp3) is 0.316. The van der Waals surface area contributed by atoms with Gasteiger partial charge >= 0.3 is 12.4 Å². The predicted molar refractivity (Wildman–Crippen MR) is 97.3 cm³/mol. The average molecular weight is 395 g/mol. The zero-order valence-electron chi connectivity index (χ0n) is 14.9. The van der Waals surface area contributed by atoms with E-state index in [0.29, 0.717) is 31.9 Å².